The van der Waals surface area contributed by atoms with Crippen molar-refractivity contribution in [3.8, 4) is 22.8 Å². The number of rotatable bonds is 8. The van der Waals surface area contributed by atoms with E-state index in [1.165, 1.54) is 12.5 Å². The van der Waals surface area contributed by atoms with Crippen LogP contribution in [0.3, 0.4) is 0 Å². The molecule has 0 aliphatic rings. The lowest BCUT2D eigenvalue weighted by Gasteiger charge is -2.14. The van der Waals surface area contributed by atoms with Crippen molar-refractivity contribution >= 4 is 41.6 Å². The highest BCUT2D eigenvalue weighted by molar-refractivity contribution is 9.10. The van der Waals surface area contributed by atoms with Crippen LogP contribution in [0.1, 0.15) is 62.8 Å². The predicted octanol–water partition coefficient (Wildman–Crippen LogP) is 6.89. The van der Waals surface area contributed by atoms with E-state index in [0.29, 0.717) is 28.1 Å². The Morgan fingerprint density at radius 2 is 1.08 bits per heavy atom. The van der Waals surface area contributed by atoms with Gasteiger partial charge in [-0.2, -0.15) is 0 Å². The first kappa shape index (κ1) is 41.0. The number of aryl methyl sites for hydroxylation is 2. The predicted molar refractivity (Wildman–Crippen MR) is 211 cm³/mol. The second kappa shape index (κ2) is 17.4. The Labute approximate surface area is 319 Å². The first-order chi connectivity index (χ1) is 24.8. The third-order valence-corrected chi connectivity index (χ3v) is 10.6. The number of hydrogen-bond donors (Lipinski definition) is 1. The number of sulfone groups is 2. The van der Waals surface area contributed by atoms with Crippen molar-refractivity contribution in [1.82, 2.24) is 39.0 Å². The minimum atomic E-state index is -3.19. The molecule has 0 bridgehead atoms. The van der Waals surface area contributed by atoms with Gasteiger partial charge in [-0.15, -0.1) is 0 Å². The van der Waals surface area contributed by atoms with Crippen LogP contribution in [0.25, 0.3) is 22.8 Å². The van der Waals surface area contributed by atoms with E-state index in [-0.39, 0.29) is 12.0 Å². The van der Waals surface area contributed by atoms with Gasteiger partial charge in [-0.25, -0.2) is 46.7 Å². The number of benzene rings is 2. The molecule has 6 aromatic rings. The maximum atomic E-state index is 11.6. The zero-order valence-electron chi connectivity index (χ0n) is 30.9. The summed E-state index contributed by atoms with van der Waals surface area (Å²) in [5, 5.41) is 0. The molecule has 16 heteroatoms. The third kappa shape index (κ3) is 11.1. The molecule has 4 heterocycles. The molecule has 0 atom stereocenters. The standard InChI is InChI=1S/C19H22N4O2S.C11H15N5.C7H7BrO2S/c1-13(2)23-14(3)21-12-18(23)17-9-10-20-19(22-17)11-15-5-7-16(8-6-15)26(4,24)25;1-7(2)16-8(3)14-6-10(16)9-4-5-13-11(12)15-9;1-11(9,10)7-4-2-6(8)3-5-7/h5-10,12-13H,11H2,1-4H3;4-7H,1-3H3,(H2,12,13,15);2-5H,1H3. The number of hydrogen-bond acceptors (Lipinski definition) is 11. The fourth-order valence-electron chi connectivity index (χ4n) is 5.45. The van der Waals surface area contributed by atoms with Crippen molar-refractivity contribution in [2.24, 2.45) is 0 Å². The molecule has 53 heavy (non-hydrogen) atoms. The SMILES string of the molecule is CS(=O)(=O)c1ccc(Br)cc1.Cc1ncc(-c2ccnc(Cc3ccc(S(C)(=O)=O)cc3)n2)n1C(C)C.Cc1ncc(-c2ccnc(N)n2)n1C(C)C. The quantitative estimate of drug-likeness (QED) is 0.169. The summed E-state index contributed by atoms with van der Waals surface area (Å²) in [6.07, 6.45) is 9.98. The molecule has 13 nitrogen and oxygen atoms in total. The van der Waals surface area contributed by atoms with Crippen LogP contribution in [0.2, 0.25) is 0 Å². The van der Waals surface area contributed by atoms with Crippen LogP contribution in [0.5, 0.6) is 0 Å². The van der Waals surface area contributed by atoms with Crippen molar-refractivity contribution in [3.63, 3.8) is 0 Å². The summed E-state index contributed by atoms with van der Waals surface area (Å²) < 4.78 is 50.1. The van der Waals surface area contributed by atoms with E-state index in [1.54, 1.807) is 60.9 Å². The van der Waals surface area contributed by atoms with E-state index in [4.69, 9.17) is 5.73 Å². The highest BCUT2D eigenvalue weighted by Crippen LogP contribution is 2.24. The van der Waals surface area contributed by atoms with E-state index in [0.717, 1.165) is 44.5 Å². The maximum Gasteiger partial charge on any atom is 0.220 e. The van der Waals surface area contributed by atoms with Crippen LogP contribution in [0.15, 0.2) is 99.7 Å². The van der Waals surface area contributed by atoms with Gasteiger partial charge < -0.3 is 14.9 Å². The summed E-state index contributed by atoms with van der Waals surface area (Å²) in [6, 6.07) is 17.7. The van der Waals surface area contributed by atoms with Gasteiger partial charge in [0.25, 0.3) is 0 Å². The van der Waals surface area contributed by atoms with Gasteiger partial charge >= 0.3 is 0 Å². The normalized spacial score (nSPS) is 11.5. The number of aromatic nitrogens is 8. The molecule has 0 radical (unpaired) electrons. The van der Waals surface area contributed by atoms with E-state index in [9.17, 15) is 16.8 Å². The topological polar surface area (TPSA) is 182 Å². The second-order valence-corrected chi connectivity index (χ2v) is 17.7. The lowest BCUT2D eigenvalue weighted by molar-refractivity contribution is 0.587. The summed E-state index contributed by atoms with van der Waals surface area (Å²) in [4.78, 5) is 26.5. The van der Waals surface area contributed by atoms with Gasteiger partial charge in [0, 0.05) is 47.9 Å². The van der Waals surface area contributed by atoms with Crippen LogP contribution < -0.4 is 5.73 Å². The van der Waals surface area contributed by atoms with Gasteiger partial charge in [-0.3, -0.25) is 0 Å². The smallest absolute Gasteiger partial charge is 0.220 e. The van der Waals surface area contributed by atoms with Crippen molar-refractivity contribution < 1.29 is 16.8 Å². The largest absolute Gasteiger partial charge is 0.368 e. The third-order valence-electron chi connectivity index (χ3n) is 7.86. The van der Waals surface area contributed by atoms with Gasteiger partial charge in [0.2, 0.25) is 5.95 Å². The number of imidazole rings is 2. The number of nitrogen functional groups attached to an aromatic ring is 1. The highest BCUT2D eigenvalue weighted by Gasteiger charge is 2.15. The molecule has 6 rings (SSSR count). The summed E-state index contributed by atoms with van der Waals surface area (Å²) >= 11 is 3.22. The number of halogens is 1. The lowest BCUT2D eigenvalue weighted by Crippen LogP contribution is -2.07. The van der Waals surface area contributed by atoms with Gasteiger partial charge in [0.15, 0.2) is 19.7 Å². The first-order valence-electron chi connectivity index (χ1n) is 16.6. The van der Waals surface area contributed by atoms with Gasteiger partial charge in [0.1, 0.15) is 17.5 Å². The Kier molecular flexibility index (Phi) is 13.4. The fourth-order valence-corrected chi connectivity index (χ4v) is 6.98. The van der Waals surface area contributed by atoms with Crippen molar-refractivity contribution in [3.05, 3.63) is 113 Å². The van der Waals surface area contributed by atoms with Gasteiger partial charge in [-0.1, -0.05) is 28.1 Å². The molecule has 280 valence electrons. The second-order valence-electron chi connectivity index (χ2n) is 12.8. The van der Waals surface area contributed by atoms with E-state index in [1.807, 2.05) is 38.4 Å². The Hall–Kier alpha value is -4.80. The Morgan fingerprint density at radius 3 is 1.51 bits per heavy atom. The number of anilines is 1. The number of nitrogens with two attached hydrogens (primary N) is 1. The molecular weight excluding hydrogens is 779 g/mol. The molecule has 2 aromatic carbocycles. The van der Waals surface area contributed by atoms with Crippen LogP contribution in [0.4, 0.5) is 5.95 Å². The molecule has 0 amide bonds. The minimum Gasteiger partial charge on any atom is -0.368 e. The first-order valence-corrected chi connectivity index (χ1v) is 21.2. The van der Waals surface area contributed by atoms with Crippen LogP contribution >= 0.6 is 15.9 Å². The average Bonchev–Trinajstić information content (AvgIpc) is 3.68. The molecule has 4 aromatic heterocycles. The molecule has 0 unspecified atom stereocenters. The number of nitrogens with zero attached hydrogens (tertiary/aromatic N) is 8. The zero-order chi connectivity index (χ0) is 39.1. The Balaban J connectivity index is 0.000000197. The van der Waals surface area contributed by atoms with Crippen molar-refractivity contribution in [1.29, 1.82) is 0 Å². The molecule has 2 N–H and O–H groups in total. The highest BCUT2D eigenvalue weighted by atomic mass is 79.9. The van der Waals surface area contributed by atoms with Crippen molar-refractivity contribution in [2.75, 3.05) is 18.2 Å². The molecule has 0 spiro atoms. The van der Waals surface area contributed by atoms with Crippen LogP contribution in [-0.4, -0.2) is 68.4 Å². The van der Waals surface area contributed by atoms with Crippen molar-refractivity contribution in [2.45, 2.75) is 69.8 Å². The molecule has 0 aliphatic heterocycles. The van der Waals surface area contributed by atoms with Gasteiger partial charge in [0.05, 0.1) is 45.0 Å². The van der Waals surface area contributed by atoms with Gasteiger partial charge in [-0.05, 0) is 95.6 Å². The lowest BCUT2D eigenvalue weighted by atomic mass is 10.1. The summed E-state index contributed by atoms with van der Waals surface area (Å²) in [5.41, 5.74) is 10.1. The van der Waals surface area contributed by atoms with E-state index in [2.05, 4.69) is 82.7 Å². The Bertz CT molecular complexity index is 2370. The van der Waals surface area contributed by atoms with Crippen LogP contribution in [0, 0.1) is 13.8 Å². The Morgan fingerprint density at radius 1 is 0.642 bits per heavy atom. The molecule has 0 saturated heterocycles. The summed E-state index contributed by atoms with van der Waals surface area (Å²) in [7, 11) is -6.23. The summed E-state index contributed by atoms with van der Waals surface area (Å²) in [6.45, 7) is 12.4. The minimum absolute atomic E-state index is 0.284. The molecule has 0 saturated carbocycles. The average molecular weight is 823 g/mol. The fraction of sp³-hybridized carbons (Fsp3) is 0.297. The zero-order valence-corrected chi connectivity index (χ0v) is 34.1. The van der Waals surface area contributed by atoms with Crippen LogP contribution in [-0.2, 0) is 26.1 Å². The molecular formula is C37H44BrN9O4S2. The van der Waals surface area contributed by atoms with E-state index >= 15 is 0 Å². The monoisotopic (exact) mass is 821 g/mol. The maximum absolute atomic E-state index is 11.6. The molecule has 0 aliphatic carbocycles. The van der Waals surface area contributed by atoms with E-state index < -0.39 is 19.7 Å². The molecule has 0 fully saturated rings. The summed E-state index contributed by atoms with van der Waals surface area (Å²) in [5.74, 6) is 2.89.